The Hall–Kier alpha value is -3.72. The number of ether oxygens (including phenoxy) is 2. The number of benzene rings is 3. The Kier molecular flexibility index (Phi) is 7.69. The minimum atomic E-state index is -3.85. The SMILES string of the molecule is COc1ccc(S(=O)(=O)N(C)c2ccc(C(=O)NCc3ccc(N4CCCC4)cc3)cc2)cc1OC. The molecule has 1 N–H and O–H groups in total. The first kappa shape index (κ1) is 25.4. The fourth-order valence-electron chi connectivity index (χ4n) is 4.18. The lowest BCUT2D eigenvalue weighted by Gasteiger charge is -2.20. The fourth-order valence-corrected chi connectivity index (χ4v) is 5.39. The first-order valence-electron chi connectivity index (χ1n) is 11.8. The number of hydrogen-bond acceptors (Lipinski definition) is 6. The maximum atomic E-state index is 13.1. The quantitative estimate of drug-likeness (QED) is 0.468. The van der Waals surface area contributed by atoms with E-state index < -0.39 is 10.0 Å². The number of amides is 1. The van der Waals surface area contributed by atoms with Crippen LogP contribution in [0.2, 0.25) is 0 Å². The molecule has 36 heavy (non-hydrogen) atoms. The highest BCUT2D eigenvalue weighted by atomic mass is 32.2. The monoisotopic (exact) mass is 509 g/mol. The maximum Gasteiger partial charge on any atom is 0.264 e. The van der Waals surface area contributed by atoms with Gasteiger partial charge in [-0.2, -0.15) is 0 Å². The van der Waals surface area contributed by atoms with E-state index in [4.69, 9.17) is 9.47 Å². The normalized spacial score (nSPS) is 13.4. The molecule has 0 aliphatic carbocycles. The summed E-state index contributed by atoms with van der Waals surface area (Å²) in [7, 11) is 0.557. The van der Waals surface area contributed by atoms with Crippen LogP contribution in [0.1, 0.15) is 28.8 Å². The van der Waals surface area contributed by atoms with Gasteiger partial charge in [-0.05, 0) is 66.9 Å². The number of nitrogens with zero attached hydrogens (tertiary/aromatic N) is 2. The van der Waals surface area contributed by atoms with Gasteiger partial charge in [0, 0.05) is 44.0 Å². The minimum Gasteiger partial charge on any atom is -0.493 e. The fraction of sp³-hybridized carbons (Fsp3) is 0.296. The van der Waals surface area contributed by atoms with Gasteiger partial charge in [0.1, 0.15) is 0 Å². The maximum absolute atomic E-state index is 13.1. The van der Waals surface area contributed by atoms with Crippen LogP contribution in [0.15, 0.2) is 71.6 Å². The van der Waals surface area contributed by atoms with Crippen LogP contribution in [-0.4, -0.2) is 48.7 Å². The molecule has 1 saturated heterocycles. The zero-order valence-corrected chi connectivity index (χ0v) is 21.5. The molecule has 8 nitrogen and oxygen atoms in total. The molecule has 1 amide bonds. The van der Waals surface area contributed by atoms with Crippen LogP contribution in [0, 0.1) is 0 Å². The highest BCUT2D eigenvalue weighted by molar-refractivity contribution is 7.92. The van der Waals surface area contributed by atoms with Crippen molar-refractivity contribution in [2.75, 3.05) is 43.6 Å². The van der Waals surface area contributed by atoms with Crippen LogP contribution in [0.3, 0.4) is 0 Å². The third-order valence-corrected chi connectivity index (χ3v) is 8.15. The molecule has 3 aromatic rings. The average Bonchev–Trinajstić information content (AvgIpc) is 3.46. The Labute approximate surface area is 212 Å². The van der Waals surface area contributed by atoms with Crippen LogP contribution in [-0.2, 0) is 16.6 Å². The Balaban J connectivity index is 1.39. The summed E-state index contributed by atoms with van der Waals surface area (Å²) in [5, 5.41) is 2.92. The molecule has 0 unspecified atom stereocenters. The van der Waals surface area contributed by atoms with E-state index in [1.165, 1.54) is 51.9 Å². The molecule has 3 aromatic carbocycles. The lowest BCUT2D eigenvalue weighted by molar-refractivity contribution is 0.0951. The number of hydrogen-bond donors (Lipinski definition) is 1. The van der Waals surface area contributed by atoms with E-state index >= 15 is 0 Å². The predicted octanol–water partition coefficient (Wildman–Crippen LogP) is 4.06. The molecule has 1 aliphatic heterocycles. The number of nitrogens with one attached hydrogen (secondary N) is 1. The van der Waals surface area contributed by atoms with Crippen LogP contribution >= 0.6 is 0 Å². The number of carbonyl (C=O) groups is 1. The Morgan fingerprint density at radius 2 is 1.56 bits per heavy atom. The summed E-state index contributed by atoms with van der Waals surface area (Å²) in [6, 6.07) is 19.1. The van der Waals surface area contributed by atoms with Gasteiger partial charge in [-0.25, -0.2) is 8.42 Å². The van der Waals surface area contributed by atoms with Gasteiger partial charge in [0.05, 0.1) is 24.8 Å². The van der Waals surface area contributed by atoms with Crippen LogP contribution in [0.4, 0.5) is 11.4 Å². The summed E-state index contributed by atoms with van der Waals surface area (Å²) in [6.45, 7) is 2.60. The van der Waals surface area contributed by atoms with E-state index in [9.17, 15) is 13.2 Å². The van der Waals surface area contributed by atoms with E-state index in [2.05, 4.69) is 22.3 Å². The van der Waals surface area contributed by atoms with Crippen molar-refractivity contribution in [2.45, 2.75) is 24.3 Å². The molecule has 0 radical (unpaired) electrons. The zero-order chi connectivity index (χ0) is 25.7. The number of rotatable bonds is 9. The van der Waals surface area contributed by atoms with E-state index in [1.807, 2.05) is 12.1 Å². The average molecular weight is 510 g/mol. The Morgan fingerprint density at radius 1 is 0.917 bits per heavy atom. The van der Waals surface area contributed by atoms with Gasteiger partial charge in [-0.3, -0.25) is 9.10 Å². The molecule has 0 atom stereocenters. The molecule has 0 saturated carbocycles. The number of sulfonamides is 1. The van der Waals surface area contributed by atoms with Crippen LogP contribution < -0.4 is 24.0 Å². The molecule has 0 aromatic heterocycles. The van der Waals surface area contributed by atoms with Gasteiger partial charge in [0.25, 0.3) is 15.9 Å². The van der Waals surface area contributed by atoms with Crippen LogP contribution in [0.5, 0.6) is 11.5 Å². The van der Waals surface area contributed by atoms with E-state index in [0.29, 0.717) is 29.3 Å². The first-order valence-corrected chi connectivity index (χ1v) is 13.2. The lowest BCUT2D eigenvalue weighted by atomic mass is 10.1. The van der Waals surface area contributed by atoms with Crippen molar-refractivity contribution in [3.05, 3.63) is 77.9 Å². The third kappa shape index (κ3) is 5.41. The van der Waals surface area contributed by atoms with Gasteiger partial charge in [0.2, 0.25) is 0 Å². The summed E-state index contributed by atoms with van der Waals surface area (Å²) in [4.78, 5) is 15.1. The minimum absolute atomic E-state index is 0.0696. The van der Waals surface area contributed by atoms with Gasteiger partial charge >= 0.3 is 0 Å². The number of carbonyl (C=O) groups excluding carboxylic acids is 1. The van der Waals surface area contributed by atoms with Crippen molar-refractivity contribution in [3.8, 4) is 11.5 Å². The van der Waals surface area contributed by atoms with Crippen LogP contribution in [0.25, 0.3) is 0 Å². The molecule has 190 valence electrons. The molecular formula is C27H31N3O5S. The van der Waals surface area contributed by atoms with Gasteiger partial charge < -0.3 is 19.7 Å². The molecule has 1 aliphatic rings. The molecule has 4 rings (SSSR count). The second kappa shape index (κ2) is 10.9. The molecule has 1 fully saturated rings. The van der Waals surface area contributed by atoms with Crippen molar-refractivity contribution in [3.63, 3.8) is 0 Å². The van der Waals surface area contributed by atoms with Gasteiger partial charge in [0.15, 0.2) is 11.5 Å². The molecule has 0 bridgehead atoms. The Morgan fingerprint density at radius 3 is 2.17 bits per heavy atom. The number of methoxy groups -OCH3 is 2. The summed E-state index contributed by atoms with van der Waals surface area (Å²) in [5.41, 5.74) is 3.11. The van der Waals surface area contributed by atoms with Crippen molar-refractivity contribution >= 4 is 27.3 Å². The Bertz CT molecular complexity index is 1300. The van der Waals surface area contributed by atoms with Gasteiger partial charge in [-0.15, -0.1) is 0 Å². The molecular weight excluding hydrogens is 478 g/mol. The second-order valence-corrected chi connectivity index (χ2v) is 10.5. The van der Waals surface area contributed by atoms with Crippen molar-refractivity contribution in [1.82, 2.24) is 5.32 Å². The highest BCUT2D eigenvalue weighted by Crippen LogP contribution is 2.31. The standard InChI is InChI=1S/C27H31N3O5S/c1-29(36(32,33)24-14-15-25(34-2)26(18-24)35-3)22-12-8-21(9-13-22)27(31)28-19-20-6-10-23(11-7-20)30-16-4-5-17-30/h6-15,18H,4-5,16-17,19H2,1-3H3,(H,28,31). The molecule has 1 heterocycles. The van der Waals surface area contributed by atoms with E-state index in [-0.39, 0.29) is 10.8 Å². The number of anilines is 2. The lowest BCUT2D eigenvalue weighted by Crippen LogP contribution is -2.27. The van der Waals surface area contributed by atoms with Crippen molar-refractivity contribution in [2.24, 2.45) is 0 Å². The van der Waals surface area contributed by atoms with Crippen molar-refractivity contribution in [1.29, 1.82) is 0 Å². The third-order valence-electron chi connectivity index (χ3n) is 6.37. The predicted molar refractivity (Wildman–Crippen MR) is 141 cm³/mol. The summed E-state index contributed by atoms with van der Waals surface area (Å²) in [5.74, 6) is 0.539. The summed E-state index contributed by atoms with van der Waals surface area (Å²) >= 11 is 0. The summed E-state index contributed by atoms with van der Waals surface area (Å²) < 4.78 is 37.8. The second-order valence-electron chi connectivity index (χ2n) is 8.58. The molecule has 9 heteroatoms. The van der Waals surface area contributed by atoms with Crippen molar-refractivity contribution < 1.29 is 22.7 Å². The highest BCUT2D eigenvalue weighted by Gasteiger charge is 2.23. The molecule has 0 spiro atoms. The smallest absolute Gasteiger partial charge is 0.264 e. The van der Waals surface area contributed by atoms with E-state index in [1.54, 1.807) is 30.3 Å². The largest absolute Gasteiger partial charge is 0.493 e. The summed E-state index contributed by atoms with van der Waals surface area (Å²) in [6.07, 6.45) is 2.46. The van der Waals surface area contributed by atoms with E-state index in [0.717, 1.165) is 23.0 Å². The topological polar surface area (TPSA) is 88.2 Å². The zero-order valence-electron chi connectivity index (χ0n) is 20.7. The first-order chi connectivity index (χ1) is 17.3. The van der Waals surface area contributed by atoms with Gasteiger partial charge in [-0.1, -0.05) is 12.1 Å².